The zero-order chi connectivity index (χ0) is 12.2. The van der Waals surface area contributed by atoms with Gasteiger partial charge in [-0.05, 0) is 18.8 Å². The molecular formula is C12H25NOS. The van der Waals surface area contributed by atoms with E-state index in [0.717, 1.165) is 13.0 Å². The van der Waals surface area contributed by atoms with E-state index in [0.29, 0.717) is 6.04 Å². The highest BCUT2D eigenvalue weighted by molar-refractivity contribution is 7.81. The molecule has 0 aromatic carbocycles. The summed E-state index contributed by atoms with van der Waals surface area (Å²) in [4.78, 5) is 13.6. The summed E-state index contributed by atoms with van der Waals surface area (Å²) in [5, 5.41) is -0.0650. The van der Waals surface area contributed by atoms with Crippen molar-refractivity contribution in [3.63, 3.8) is 0 Å². The fourth-order valence-corrected chi connectivity index (χ4v) is 1.80. The Kier molecular flexibility index (Phi) is 5.71. The van der Waals surface area contributed by atoms with Gasteiger partial charge in [-0.3, -0.25) is 4.79 Å². The number of carbonyl (C=O) groups is 1. The largest absolute Gasteiger partial charge is 0.338 e. The van der Waals surface area contributed by atoms with Gasteiger partial charge in [-0.15, -0.1) is 0 Å². The van der Waals surface area contributed by atoms with E-state index in [1.54, 1.807) is 0 Å². The molecule has 2 atom stereocenters. The number of likely N-dealkylation sites (tertiary alicyclic amines) is 1. The van der Waals surface area contributed by atoms with Gasteiger partial charge in [0.2, 0.25) is 5.91 Å². The van der Waals surface area contributed by atoms with Crippen molar-refractivity contribution in [2.75, 3.05) is 6.54 Å². The third-order valence-electron chi connectivity index (χ3n) is 2.93. The van der Waals surface area contributed by atoms with E-state index in [4.69, 9.17) is 0 Å². The summed E-state index contributed by atoms with van der Waals surface area (Å²) in [7, 11) is 0. The molecule has 1 unspecified atom stereocenters. The normalized spacial score (nSPS) is 23.5. The van der Waals surface area contributed by atoms with Gasteiger partial charge in [0.05, 0.1) is 5.25 Å². The Morgan fingerprint density at radius 2 is 1.87 bits per heavy atom. The van der Waals surface area contributed by atoms with Crippen LogP contribution in [0.25, 0.3) is 0 Å². The molecule has 1 fully saturated rings. The maximum Gasteiger partial charge on any atom is 0.235 e. The maximum absolute atomic E-state index is 11.6. The van der Waals surface area contributed by atoms with E-state index < -0.39 is 0 Å². The van der Waals surface area contributed by atoms with Crippen LogP contribution in [0.5, 0.6) is 0 Å². The van der Waals surface area contributed by atoms with Crippen LogP contribution < -0.4 is 0 Å². The molecule has 1 heterocycles. The van der Waals surface area contributed by atoms with E-state index in [9.17, 15) is 4.79 Å². The monoisotopic (exact) mass is 231 g/mol. The molecule has 1 amide bonds. The highest BCUT2D eigenvalue weighted by Crippen LogP contribution is 2.28. The fourth-order valence-electron chi connectivity index (χ4n) is 1.54. The van der Waals surface area contributed by atoms with Crippen LogP contribution in [-0.2, 0) is 4.79 Å². The molecule has 3 heteroatoms. The van der Waals surface area contributed by atoms with Gasteiger partial charge in [0.1, 0.15) is 0 Å². The fraction of sp³-hybridized carbons (Fsp3) is 0.917. The first-order chi connectivity index (χ1) is 6.84. The number of amides is 1. The van der Waals surface area contributed by atoms with Crippen molar-refractivity contribution in [1.82, 2.24) is 4.90 Å². The first-order valence-electron chi connectivity index (χ1n) is 5.82. The summed E-state index contributed by atoms with van der Waals surface area (Å²) in [6, 6.07) is 0.303. The number of thiol groups is 1. The third-order valence-corrected chi connectivity index (χ3v) is 3.41. The highest BCUT2D eigenvalue weighted by Gasteiger charge is 2.36. The second kappa shape index (κ2) is 5.78. The van der Waals surface area contributed by atoms with E-state index in [-0.39, 0.29) is 16.6 Å². The number of hydrogen-bond acceptors (Lipinski definition) is 2. The Balaban J connectivity index is 0.000000921. The maximum atomic E-state index is 11.6. The highest BCUT2D eigenvalue weighted by atomic mass is 32.1. The lowest BCUT2D eigenvalue weighted by Gasteiger charge is -2.35. The summed E-state index contributed by atoms with van der Waals surface area (Å²) in [6.07, 6.45) is 0.891. The zero-order valence-corrected chi connectivity index (χ0v) is 11.8. The third kappa shape index (κ3) is 3.71. The van der Waals surface area contributed by atoms with Crippen LogP contribution in [0.4, 0.5) is 0 Å². The van der Waals surface area contributed by atoms with Crippen molar-refractivity contribution in [1.29, 1.82) is 0 Å². The van der Waals surface area contributed by atoms with Gasteiger partial charge in [0.15, 0.2) is 0 Å². The molecule has 1 saturated heterocycles. The molecule has 0 spiro atoms. The smallest absolute Gasteiger partial charge is 0.235 e. The minimum Gasteiger partial charge on any atom is -0.338 e. The summed E-state index contributed by atoms with van der Waals surface area (Å²) in [5.74, 6) is 0.200. The molecule has 0 bridgehead atoms. The van der Waals surface area contributed by atoms with Gasteiger partial charge in [-0.1, -0.05) is 34.6 Å². The van der Waals surface area contributed by atoms with Gasteiger partial charge in [-0.25, -0.2) is 0 Å². The quantitative estimate of drug-likeness (QED) is 0.688. The molecule has 0 aromatic rings. The van der Waals surface area contributed by atoms with E-state index in [2.05, 4.69) is 40.3 Å². The number of rotatable bonds is 1. The van der Waals surface area contributed by atoms with Crippen LogP contribution >= 0.6 is 12.6 Å². The van der Waals surface area contributed by atoms with Gasteiger partial charge in [-0.2, -0.15) is 12.6 Å². The van der Waals surface area contributed by atoms with E-state index >= 15 is 0 Å². The Bertz CT molecular complexity index is 210. The van der Waals surface area contributed by atoms with Crippen LogP contribution in [0, 0.1) is 5.41 Å². The predicted molar refractivity (Wildman–Crippen MR) is 69.4 cm³/mol. The lowest BCUT2D eigenvalue weighted by atomic mass is 9.87. The number of nitrogens with zero attached hydrogens (tertiary/aromatic N) is 1. The van der Waals surface area contributed by atoms with Gasteiger partial charge in [0.25, 0.3) is 0 Å². The average Bonchev–Trinajstić information content (AvgIpc) is 2.48. The number of hydrogen-bond donors (Lipinski definition) is 1. The Morgan fingerprint density at radius 1 is 1.40 bits per heavy atom. The van der Waals surface area contributed by atoms with Crippen molar-refractivity contribution in [3.8, 4) is 0 Å². The second-order valence-corrected chi connectivity index (χ2v) is 5.50. The van der Waals surface area contributed by atoms with Crippen LogP contribution in [-0.4, -0.2) is 28.6 Å². The molecule has 2 nitrogen and oxygen atoms in total. The molecule has 1 aliphatic heterocycles. The van der Waals surface area contributed by atoms with Gasteiger partial charge < -0.3 is 4.90 Å². The van der Waals surface area contributed by atoms with Crippen LogP contribution in [0.2, 0.25) is 0 Å². The average molecular weight is 231 g/mol. The standard InChI is InChI=1S/C10H19NOS.C2H6/c1-7(10(2,3)4)11-6-5-8(13)9(11)12;1-2/h7-8,13H,5-6H2,1-4H3;1-2H3/t7-,8?;/m1./s1. The zero-order valence-electron chi connectivity index (χ0n) is 10.9. The van der Waals surface area contributed by atoms with Crippen molar-refractivity contribution < 1.29 is 4.79 Å². The molecule has 0 aromatic heterocycles. The molecule has 0 N–H and O–H groups in total. The molecule has 90 valence electrons. The minimum atomic E-state index is -0.0650. The van der Waals surface area contributed by atoms with Crippen molar-refractivity contribution in [3.05, 3.63) is 0 Å². The topological polar surface area (TPSA) is 20.3 Å². The first kappa shape index (κ1) is 14.8. The van der Waals surface area contributed by atoms with Crippen LogP contribution in [0.15, 0.2) is 0 Å². The SMILES string of the molecule is CC.C[C@@H](N1CCC(S)C1=O)C(C)(C)C. The molecule has 0 saturated carbocycles. The Morgan fingerprint density at radius 3 is 2.13 bits per heavy atom. The summed E-state index contributed by atoms with van der Waals surface area (Å²) in [5.41, 5.74) is 0.160. The molecule has 1 rings (SSSR count). The summed E-state index contributed by atoms with van der Waals surface area (Å²) < 4.78 is 0. The molecule has 0 radical (unpaired) electrons. The lowest BCUT2D eigenvalue weighted by Crippen LogP contribution is -2.43. The summed E-state index contributed by atoms with van der Waals surface area (Å²) in [6.45, 7) is 13.5. The Labute approximate surface area is 99.8 Å². The predicted octanol–water partition coefficient (Wildman–Crippen LogP) is 2.98. The van der Waals surface area contributed by atoms with Gasteiger partial charge in [0, 0.05) is 12.6 Å². The van der Waals surface area contributed by atoms with Crippen LogP contribution in [0.3, 0.4) is 0 Å². The molecule has 1 aliphatic rings. The molecule has 15 heavy (non-hydrogen) atoms. The first-order valence-corrected chi connectivity index (χ1v) is 6.34. The van der Waals surface area contributed by atoms with E-state index in [1.165, 1.54) is 0 Å². The number of carbonyl (C=O) groups excluding carboxylic acids is 1. The lowest BCUT2D eigenvalue weighted by molar-refractivity contribution is -0.130. The van der Waals surface area contributed by atoms with E-state index in [1.807, 2.05) is 18.7 Å². The summed E-state index contributed by atoms with van der Waals surface area (Å²) >= 11 is 4.25. The van der Waals surface area contributed by atoms with Gasteiger partial charge >= 0.3 is 0 Å². The van der Waals surface area contributed by atoms with Crippen LogP contribution in [0.1, 0.15) is 48.0 Å². The molecular weight excluding hydrogens is 206 g/mol. The van der Waals surface area contributed by atoms with Crippen molar-refractivity contribution >= 4 is 18.5 Å². The second-order valence-electron chi connectivity index (χ2n) is 4.88. The van der Waals surface area contributed by atoms with Crippen molar-refractivity contribution in [2.45, 2.75) is 59.3 Å². The minimum absolute atomic E-state index is 0.0650. The molecule has 0 aliphatic carbocycles. The Hall–Kier alpha value is -0.180. The van der Waals surface area contributed by atoms with Crippen molar-refractivity contribution in [2.24, 2.45) is 5.41 Å².